The van der Waals surface area contributed by atoms with E-state index in [1.807, 2.05) is 0 Å². The summed E-state index contributed by atoms with van der Waals surface area (Å²) in [5.74, 6) is -3.14. The summed E-state index contributed by atoms with van der Waals surface area (Å²) in [6, 6.07) is 4.13. The van der Waals surface area contributed by atoms with Gasteiger partial charge >= 0.3 is 5.97 Å². The van der Waals surface area contributed by atoms with Crippen LogP contribution in [0.5, 0.6) is 11.5 Å². The van der Waals surface area contributed by atoms with Gasteiger partial charge in [0.2, 0.25) is 0 Å². The average Bonchev–Trinajstić information content (AvgIpc) is 2.48. The number of carbonyl (C=O) groups excluding carboxylic acids is 1. The predicted octanol–water partition coefficient (Wildman–Crippen LogP) is 3.35. The first-order chi connectivity index (χ1) is 10.5. The molecule has 5 nitrogen and oxygen atoms in total. The van der Waals surface area contributed by atoms with Crippen molar-refractivity contribution in [3.63, 3.8) is 0 Å². The van der Waals surface area contributed by atoms with Crippen molar-refractivity contribution in [3.05, 3.63) is 29.8 Å². The second-order valence-corrected chi connectivity index (χ2v) is 5.22. The van der Waals surface area contributed by atoms with Crippen LogP contribution in [-0.2, 0) is 9.59 Å². The lowest BCUT2D eigenvalue weighted by Crippen LogP contribution is -2.22. The number of ketones is 1. The van der Waals surface area contributed by atoms with E-state index in [-0.39, 0.29) is 11.5 Å². The van der Waals surface area contributed by atoms with Gasteiger partial charge < -0.3 is 15.3 Å². The highest BCUT2D eigenvalue weighted by molar-refractivity contribution is 6.06. The quantitative estimate of drug-likeness (QED) is 0.281. The van der Waals surface area contributed by atoms with Crippen LogP contribution >= 0.6 is 0 Å². The Balaban J connectivity index is 2.67. The molecular formula is C17H22O5. The highest BCUT2D eigenvalue weighted by Crippen LogP contribution is 2.25. The highest BCUT2D eigenvalue weighted by atomic mass is 16.4. The Hall–Kier alpha value is -2.30. The highest BCUT2D eigenvalue weighted by Gasteiger charge is 2.23. The summed E-state index contributed by atoms with van der Waals surface area (Å²) in [5.41, 5.74) is 0.513. The minimum atomic E-state index is -1.11. The Kier molecular flexibility index (Phi) is 7.16. The molecule has 0 saturated carbocycles. The molecule has 1 unspecified atom stereocenters. The van der Waals surface area contributed by atoms with Crippen molar-refractivity contribution in [2.75, 3.05) is 0 Å². The minimum absolute atomic E-state index is 0.247. The molecule has 0 amide bonds. The largest absolute Gasteiger partial charge is 0.504 e. The molecule has 0 aliphatic heterocycles. The number of hydrogen-bond acceptors (Lipinski definition) is 4. The summed E-state index contributed by atoms with van der Waals surface area (Å²) in [6.07, 6.45) is 6.69. The fourth-order valence-corrected chi connectivity index (χ4v) is 2.10. The number of carboxylic acids is 1. The maximum absolute atomic E-state index is 12.0. The van der Waals surface area contributed by atoms with Gasteiger partial charge in [-0.3, -0.25) is 9.59 Å². The van der Waals surface area contributed by atoms with E-state index in [9.17, 15) is 19.8 Å². The van der Waals surface area contributed by atoms with Gasteiger partial charge in [0.05, 0.1) is 0 Å². The molecule has 0 bridgehead atoms. The summed E-state index contributed by atoms with van der Waals surface area (Å²) in [7, 11) is 0. The number of carboxylic acid groups (broad SMARTS) is 1. The molecule has 3 N–H and O–H groups in total. The van der Waals surface area contributed by atoms with Gasteiger partial charge in [-0.05, 0) is 30.2 Å². The molecule has 1 aromatic rings. The van der Waals surface area contributed by atoms with Crippen LogP contribution in [0.15, 0.2) is 24.3 Å². The first-order valence-electron chi connectivity index (χ1n) is 7.42. The monoisotopic (exact) mass is 306 g/mol. The molecule has 0 aliphatic rings. The first kappa shape index (κ1) is 17.8. The smallest absolute Gasteiger partial charge is 0.314 e. The Morgan fingerprint density at radius 1 is 1.14 bits per heavy atom. The van der Waals surface area contributed by atoms with Gasteiger partial charge in [0, 0.05) is 0 Å². The zero-order valence-electron chi connectivity index (χ0n) is 12.7. The van der Waals surface area contributed by atoms with Gasteiger partial charge in [-0.2, -0.15) is 0 Å². The number of aromatic hydroxyl groups is 2. The topological polar surface area (TPSA) is 94.8 Å². The van der Waals surface area contributed by atoms with Crippen LogP contribution in [0.25, 0.3) is 6.08 Å². The first-order valence-corrected chi connectivity index (χ1v) is 7.42. The molecule has 120 valence electrons. The van der Waals surface area contributed by atoms with Gasteiger partial charge in [-0.1, -0.05) is 44.7 Å². The SMILES string of the molecule is CCCCCCC(C(=O)O)C(=O)C=Cc1ccc(O)c(O)c1. The normalized spacial score (nSPS) is 12.4. The number of phenolic OH excluding ortho intramolecular Hbond substituents is 2. The maximum Gasteiger partial charge on any atom is 0.314 e. The number of aliphatic carboxylic acids is 1. The van der Waals surface area contributed by atoms with E-state index in [0.717, 1.165) is 19.3 Å². The van der Waals surface area contributed by atoms with Crippen molar-refractivity contribution in [3.8, 4) is 11.5 Å². The van der Waals surface area contributed by atoms with Crippen LogP contribution in [0.1, 0.15) is 44.6 Å². The predicted molar refractivity (Wildman–Crippen MR) is 83.7 cm³/mol. The van der Waals surface area contributed by atoms with Crippen molar-refractivity contribution in [1.82, 2.24) is 0 Å². The van der Waals surface area contributed by atoms with E-state index >= 15 is 0 Å². The van der Waals surface area contributed by atoms with Crippen LogP contribution in [0.3, 0.4) is 0 Å². The summed E-state index contributed by atoms with van der Waals surface area (Å²) >= 11 is 0. The van der Waals surface area contributed by atoms with Gasteiger partial charge in [-0.25, -0.2) is 0 Å². The molecule has 0 heterocycles. The molecule has 0 radical (unpaired) electrons. The molecule has 22 heavy (non-hydrogen) atoms. The van der Waals surface area contributed by atoms with Gasteiger partial charge in [0.25, 0.3) is 0 Å². The Morgan fingerprint density at radius 2 is 1.86 bits per heavy atom. The van der Waals surface area contributed by atoms with E-state index < -0.39 is 17.7 Å². The molecular weight excluding hydrogens is 284 g/mol. The van der Waals surface area contributed by atoms with Crippen molar-refractivity contribution in [2.24, 2.45) is 5.92 Å². The number of benzene rings is 1. The summed E-state index contributed by atoms with van der Waals surface area (Å²) < 4.78 is 0. The molecule has 5 heteroatoms. The minimum Gasteiger partial charge on any atom is -0.504 e. The Bertz CT molecular complexity index is 548. The molecule has 0 saturated heterocycles. The average molecular weight is 306 g/mol. The maximum atomic E-state index is 12.0. The van der Waals surface area contributed by atoms with Crippen molar-refractivity contribution >= 4 is 17.8 Å². The van der Waals surface area contributed by atoms with Crippen molar-refractivity contribution < 1.29 is 24.9 Å². The molecule has 1 rings (SSSR count). The fourth-order valence-electron chi connectivity index (χ4n) is 2.10. The lowest BCUT2D eigenvalue weighted by Gasteiger charge is -2.08. The number of allylic oxidation sites excluding steroid dienone is 1. The van der Waals surface area contributed by atoms with E-state index in [4.69, 9.17) is 5.11 Å². The lowest BCUT2D eigenvalue weighted by atomic mass is 9.96. The number of phenols is 2. The second kappa shape index (κ2) is 8.87. The zero-order valence-corrected chi connectivity index (χ0v) is 12.7. The Morgan fingerprint density at radius 3 is 2.45 bits per heavy atom. The van der Waals surface area contributed by atoms with Crippen molar-refractivity contribution in [1.29, 1.82) is 0 Å². The van der Waals surface area contributed by atoms with Crippen LogP contribution in [0.4, 0.5) is 0 Å². The fraction of sp³-hybridized carbons (Fsp3) is 0.412. The second-order valence-electron chi connectivity index (χ2n) is 5.22. The van der Waals surface area contributed by atoms with Gasteiger partial charge in [-0.15, -0.1) is 0 Å². The van der Waals surface area contributed by atoms with E-state index in [1.54, 1.807) is 0 Å². The molecule has 1 atom stereocenters. The molecule has 0 aromatic heterocycles. The van der Waals surface area contributed by atoms with Crippen molar-refractivity contribution in [2.45, 2.75) is 39.0 Å². The number of unbranched alkanes of at least 4 members (excludes halogenated alkanes) is 3. The third kappa shape index (κ3) is 5.60. The van der Waals surface area contributed by atoms with Gasteiger partial charge in [0.1, 0.15) is 5.92 Å². The number of rotatable bonds is 9. The zero-order chi connectivity index (χ0) is 16.5. The van der Waals surface area contributed by atoms with Crippen LogP contribution in [0.2, 0.25) is 0 Å². The Labute approximate surface area is 129 Å². The number of carbonyl (C=O) groups is 2. The summed E-state index contributed by atoms with van der Waals surface area (Å²) in [4.78, 5) is 23.2. The molecule has 0 spiro atoms. The van der Waals surface area contributed by atoms with Gasteiger partial charge in [0.15, 0.2) is 17.3 Å². The van der Waals surface area contributed by atoms with Crippen LogP contribution in [0, 0.1) is 5.92 Å². The summed E-state index contributed by atoms with van der Waals surface area (Å²) in [6.45, 7) is 2.07. The number of hydrogen-bond donors (Lipinski definition) is 3. The van der Waals surface area contributed by atoms with E-state index in [2.05, 4.69) is 6.92 Å². The lowest BCUT2D eigenvalue weighted by molar-refractivity contribution is -0.145. The molecule has 0 aliphatic carbocycles. The van der Waals surface area contributed by atoms with Crippen LogP contribution < -0.4 is 0 Å². The standard InChI is InChI=1S/C17H22O5/c1-2-3-4-5-6-13(17(21)22)14(18)9-7-12-8-10-15(19)16(20)11-12/h7-11,13,19-20H,2-6H2,1H3,(H,21,22). The van der Waals surface area contributed by atoms with E-state index in [1.165, 1.54) is 30.4 Å². The third-order valence-electron chi connectivity index (χ3n) is 3.43. The summed E-state index contributed by atoms with van der Waals surface area (Å²) in [5, 5.41) is 27.7. The molecule has 0 fully saturated rings. The molecule has 1 aromatic carbocycles. The third-order valence-corrected chi connectivity index (χ3v) is 3.43. The van der Waals surface area contributed by atoms with E-state index in [0.29, 0.717) is 18.4 Å². The van der Waals surface area contributed by atoms with Crippen LogP contribution in [-0.4, -0.2) is 27.1 Å².